The summed E-state index contributed by atoms with van der Waals surface area (Å²) in [5.41, 5.74) is 1.68. The van der Waals surface area contributed by atoms with Crippen molar-refractivity contribution in [3.05, 3.63) is 29.3 Å². The molecule has 0 amide bonds. The molecule has 0 atom stereocenters. The van der Waals surface area contributed by atoms with Crippen LogP contribution < -0.4 is 0 Å². The second-order valence-electron chi connectivity index (χ2n) is 2.34. The summed E-state index contributed by atoms with van der Waals surface area (Å²) in [6, 6.07) is 5.17. The fourth-order valence-corrected chi connectivity index (χ4v) is 1.20. The molecule has 0 spiro atoms. The smallest absolute Gasteiger partial charge is 0.0814 e. The van der Waals surface area contributed by atoms with Crippen LogP contribution in [0, 0.1) is 6.92 Å². The van der Waals surface area contributed by atoms with Crippen LogP contribution in [0.1, 0.15) is 11.1 Å². The van der Waals surface area contributed by atoms with Crippen LogP contribution >= 0.6 is 12.1 Å². The van der Waals surface area contributed by atoms with E-state index in [1.54, 1.807) is 18.2 Å². The molecule has 1 rings (SSSR count). The number of aryl methyl sites for hydroxylation is 1. The van der Waals surface area contributed by atoms with E-state index in [1.165, 1.54) is 0 Å². The van der Waals surface area contributed by atoms with Crippen LogP contribution in [-0.2, 0) is 6.61 Å². The van der Waals surface area contributed by atoms with Crippen molar-refractivity contribution in [2.24, 2.45) is 0 Å². The summed E-state index contributed by atoms with van der Waals surface area (Å²) in [6.07, 6.45) is 0. The molecule has 60 valence electrons. The maximum absolute atomic E-state index is 12.1. The minimum absolute atomic E-state index is 0.0120. The van der Waals surface area contributed by atoms with Gasteiger partial charge in [-0.05, 0) is 24.1 Å². The SMILES string of the molecule is Cc1cc(CO)ccc1SF. The zero-order chi connectivity index (χ0) is 8.27. The van der Waals surface area contributed by atoms with Crippen LogP contribution in [0.25, 0.3) is 0 Å². The Morgan fingerprint density at radius 2 is 2.27 bits per heavy atom. The van der Waals surface area contributed by atoms with E-state index in [-0.39, 0.29) is 18.8 Å². The van der Waals surface area contributed by atoms with Gasteiger partial charge in [-0.15, -0.1) is 0 Å². The first kappa shape index (κ1) is 8.56. The molecule has 1 nitrogen and oxygen atoms in total. The van der Waals surface area contributed by atoms with Crippen molar-refractivity contribution in [1.29, 1.82) is 0 Å². The number of rotatable bonds is 2. The second kappa shape index (κ2) is 3.74. The minimum Gasteiger partial charge on any atom is -0.392 e. The average Bonchev–Trinajstić information content (AvgIpc) is 2.04. The lowest BCUT2D eigenvalue weighted by Crippen LogP contribution is -1.85. The van der Waals surface area contributed by atoms with Crippen LogP contribution in [0.3, 0.4) is 0 Å². The lowest BCUT2D eigenvalue weighted by atomic mass is 10.1. The van der Waals surface area contributed by atoms with Gasteiger partial charge >= 0.3 is 0 Å². The van der Waals surface area contributed by atoms with Crippen molar-refractivity contribution in [1.82, 2.24) is 0 Å². The molecule has 0 saturated carbocycles. The monoisotopic (exact) mass is 172 g/mol. The summed E-state index contributed by atoms with van der Waals surface area (Å²) in [5.74, 6) is 0. The molecule has 11 heavy (non-hydrogen) atoms. The Kier molecular flexibility index (Phi) is 2.91. The van der Waals surface area contributed by atoms with Gasteiger partial charge in [0.15, 0.2) is 0 Å². The number of benzene rings is 1. The third-order valence-corrected chi connectivity index (χ3v) is 2.13. The number of hydrogen-bond donors (Lipinski definition) is 1. The molecule has 0 aliphatic rings. The Hall–Kier alpha value is -0.540. The first-order valence-electron chi connectivity index (χ1n) is 3.27. The Bertz CT molecular complexity index is 250. The van der Waals surface area contributed by atoms with E-state index in [0.29, 0.717) is 4.90 Å². The topological polar surface area (TPSA) is 20.2 Å². The highest BCUT2D eigenvalue weighted by molar-refractivity contribution is 7.94. The Morgan fingerprint density at radius 1 is 1.55 bits per heavy atom. The summed E-state index contributed by atoms with van der Waals surface area (Å²) in [4.78, 5) is 0.613. The molecule has 1 aromatic rings. The standard InChI is InChI=1S/C8H9FOS/c1-6-4-7(5-10)2-3-8(6)11-9/h2-4,10H,5H2,1H3. The van der Waals surface area contributed by atoms with Gasteiger partial charge in [0.05, 0.1) is 18.8 Å². The number of aliphatic hydroxyl groups is 1. The summed E-state index contributed by atoms with van der Waals surface area (Å²) < 4.78 is 12.1. The molecule has 3 heteroatoms. The van der Waals surface area contributed by atoms with Gasteiger partial charge in [-0.1, -0.05) is 12.1 Å². The van der Waals surface area contributed by atoms with Crippen molar-refractivity contribution in [3.8, 4) is 0 Å². The Morgan fingerprint density at radius 3 is 2.73 bits per heavy atom. The van der Waals surface area contributed by atoms with Crippen molar-refractivity contribution in [2.45, 2.75) is 18.4 Å². The average molecular weight is 172 g/mol. The predicted molar refractivity (Wildman–Crippen MR) is 44.1 cm³/mol. The van der Waals surface area contributed by atoms with Gasteiger partial charge in [0.25, 0.3) is 0 Å². The highest BCUT2D eigenvalue weighted by Gasteiger charge is 1.99. The lowest BCUT2D eigenvalue weighted by Gasteiger charge is -2.01. The summed E-state index contributed by atoms with van der Waals surface area (Å²) in [7, 11) is 0. The molecule has 0 radical (unpaired) electrons. The Labute approximate surface area is 69.5 Å². The van der Waals surface area contributed by atoms with E-state index in [0.717, 1.165) is 11.1 Å². The molecule has 0 heterocycles. The van der Waals surface area contributed by atoms with Crippen LogP contribution in [0.5, 0.6) is 0 Å². The molecule has 0 aromatic heterocycles. The second-order valence-corrected chi connectivity index (χ2v) is 2.93. The fourth-order valence-electron chi connectivity index (χ4n) is 0.896. The van der Waals surface area contributed by atoms with Crippen LogP contribution in [0.15, 0.2) is 23.1 Å². The highest BCUT2D eigenvalue weighted by atomic mass is 32.2. The maximum atomic E-state index is 12.1. The summed E-state index contributed by atoms with van der Waals surface area (Å²) >= 11 is 0.233. The largest absolute Gasteiger partial charge is 0.392 e. The Balaban J connectivity index is 2.99. The van der Waals surface area contributed by atoms with Crippen molar-refractivity contribution in [2.75, 3.05) is 0 Å². The van der Waals surface area contributed by atoms with E-state index in [1.807, 2.05) is 6.92 Å². The van der Waals surface area contributed by atoms with Gasteiger partial charge < -0.3 is 5.11 Å². The normalized spacial score (nSPS) is 10.1. The number of halogens is 1. The minimum atomic E-state index is 0.0120. The van der Waals surface area contributed by atoms with Crippen molar-refractivity contribution in [3.63, 3.8) is 0 Å². The van der Waals surface area contributed by atoms with E-state index >= 15 is 0 Å². The maximum Gasteiger partial charge on any atom is 0.0814 e. The first-order chi connectivity index (χ1) is 5.27. The molecule has 0 unspecified atom stereocenters. The van der Waals surface area contributed by atoms with E-state index in [2.05, 4.69) is 0 Å². The van der Waals surface area contributed by atoms with Gasteiger partial charge in [0.2, 0.25) is 0 Å². The number of hydrogen-bond acceptors (Lipinski definition) is 2. The zero-order valence-corrected chi connectivity index (χ0v) is 6.99. The zero-order valence-electron chi connectivity index (χ0n) is 6.17. The molecular weight excluding hydrogens is 163 g/mol. The lowest BCUT2D eigenvalue weighted by molar-refractivity contribution is 0.281. The molecule has 1 N–H and O–H groups in total. The fraction of sp³-hybridized carbons (Fsp3) is 0.250. The summed E-state index contributed by atoms with van der Waals surface area (Å²) in [6.45, 7) is 1.83. The van der Waals surface area contributed by atoms with Gasteiger partial charge in [-0.3, -0.25) is 0 Å². The number of aliphatic hydroxyl groups excluding tert-OH is 1. The highest BCUT2D eigenvalue weighted by Crippen LogP contribution is 2.23. The predicted octanol–water partition coefficient (Wildman–Crippen LogP) is 2.46. The molecule has 0 aliphatic heterocycles. The molecule has 0 aliphatic carbocycles. The van der Waals surface area contributed by atoms with E-state index in [9.17, 15) is 3.89 Å². The molecule has 0 bridgehead atoms. The first-order valence-corrected chi connectivity index (χ1v) is 3.98. The van der Waals surface area contributed by atoms with Crippen LogP contribution in [0.4, 0.5) is 3.89 Å². The quantitative estimate of drug-likeness (QED) is 0.739. The van der Waals surface area contributed by atoms with Gasteiger partial charge in [0.1, 0.15) is 0 Å². The summed E-state index contributed by atoms with van der Waals surface area (Å²) in [5, 5.41) is 8.73. The molecule has 0 fully saturated rings. The van der Waals surface area contributed by atoms with Crippen LogP contribution in [0.2, 0.25) is 0 Å². The van der Waals surface area contributed by atoms with Gasteiger partial charge in [-0.25, -0.2) is 0 Å². The van der Waals surface area contributed by atoms with Crippen LogP contribution in [-0.4, -0.2) is 5.11 Å². The third-order valence-electron chi connectivity index (χ3n) is 1.51. The third kappa shape index (κ3) is 1.94. The van der Waals surface area contributed by atoms with E-state index in [4.69, 9.17) is 5.11 Å². The molecule has 0 saturated heterocycles. The molecular formula is C8H9FOS. The van der Waals surface area contributed by atoms with Gasteiger partial charge in [-0.2, -0.15) is 3.89 Å². The molecule has 1 aromatic carbocycles. The van der Waals surface area contributed by atoms with Crippen molar-refractivity contribution < 1.29 is 8.99 Å². The van der Waals surface area contributed by atoms with Gasteiger partial charge in [0, 0.05) is 4.90 Å². The van der Waals surface area contributed by atoms with Crippen molar-refractivity contribution >= 4 is 12.1 Å². The van der Waals surface area contributed by atoms with E-state index < -0.39 is 0 Å².